The first-order valence-electron chi connectivity index (χ1n) is 5.75. The van der Waals surface area contributed by atoms with Gasteiger partial charge in [0.25, 0.3) is 5.91 Å². The second kappa shape index (κ2) is 5.09. The van der Waals surface area contributed by atoms with Gasteiger partial charge in [0.15, 0.2) is 0 Å². The molecule has 0 fully saturated rings. The zero-order valence-corrected chi connectivity index (χ0v) is 10.8. The van der Waals surface area contributed by atoms with E-state index in [4.69, 9.17) is 5.73 Å². The third kappa shape index (κ3) is 2.73. The van der Waals surface area contributed by atoms with Crippen LogP contribution in [0.25, 0.3) is 0 Å². The molecule has 0 saturated heterocycles. The summed E-state index contributed by atoms with van der Waals surface area (Å²) in [6.07, 6.45) is 3.45. The summed E-state index contributed by atoms with van der Waals surface area (Å²) >= 11 is 0. The largest absolute Gasteiger partial charge is 0.398 e. The predicted octanol–water partition coefficient (Wildman–Crippen LogP) is 1.41. The molecule has 1 amide bonds. The van der Waals surface area contributed by atoms with Gasteiger partial charge in [-0.05, 0) is 18.2 Å². The Kier molecular flexibility index (Phi) is 3.50. The van der Waals surface area contributed by atoms with Crippen molar-refractivity contribution < 1.29 is 9.18 Å². The SMILES string of the molecule is CN(Cc1nccn1C)C(=O)c1cc(F)ccc1N. The van der Waals surface area contributed by atoms with Crippen LogP contribution in [0.15, 0.2) is 30.6 Å². The average molecular weight is 262 g/mol. The number of carbonyl (C=O) groups is 1. The van der Waals surface area contributed by atoms with Gasteiger partial charge in [0, 0.05) is 32.2 Å². The van der Waals surface area contributed by atoms with E-state index in [1.54, 1.807) is 19.4 Å². The van der Waals surface area contributed by atoms with E-state index in [-0.39, 0.29) is 17.2 Å². The van der Waals surface area contributed by atoms with Gasteiger partial charge >= 0.3 is 0 Å². The Morgan fingerprint density at radius 2 is 2.26 bits per heavy atom. The van der Waals surface area contributed by atoms with E-state index in [0.29, 0.717) is 6.54 Å². The molecule has 0 unspecified atom stereocenters. The van der Waals surface area contributed by atoms with Gasteiger partial charge in [-0.15, -0.1) is 0 Å². The Labute approximate surface area is 110 Å². The van der Waals surface area contributed by atoms with Crippen molar-refractivity contribution in [3.63, 3.8) is 0 Å². The van der Waals surface area contributed by atoms with Crippen molar-refractivity contribution >= 4 is 11.6 Å². The highest BCUT2D eigenvalue weighted by Gasteiger charge is 2.17. The van der Waals surface area contributed by atoms with Crippen LogP contribution in [-0.4, -0.2) is 27.4 Å². The lowest BCUT2D eigenvalue weighted by molar-refractivity contribution is 0.0781. The molecule has 0 atom stereocenters. The van der Waals surface area contributed by atoms with E-state index in [9.17, 15) is 9.18 Å². The maximum Gasteiger partial charge on any atom is 0.256 e. The Hall–Kier alpha value is -2.37. The summed E-state index contributed by atoms with van der Waals surface area (Å²) < 4.78 is 15.0. The van der Waals surface area contributed by atoms with Crippen LogP contribution < -0.4 is 5.73 Å². The second-order valence-corrected chi connectivity index (χ2v) is 4.35. The van der Waals surface area contributed by atoms with Gasteiger partial charge < -0.3 is 15.2 Å². The van der Waals surface area contributed by atoms with E-state index < -0.39 is 5.82 Å². The number of anilines is 1. The van der Waals surface area contributed by atoms with Crippen molar-refractivity contribution in [2.45, 2.75) is 6.54 Å². The summed E-state index contributed by atoms with van der Waals surface area (Å²) in [4.78, 5) is 17.8. The minimum atomic E-state index is -0.483. The maximum absolute atomic E-state index is 13.2. The first-order valence-corrected chi connectivity index (χ1v) is 5.75. The summed E-state index contributed by atoms with van der Waals surface area (Å²) in [6, 6.07) is 3.76. The number of nitrogen functional groups attached to an aromatic ring is 1. The van der Waals surface area contributed by atoms with E-state index >= 15 is 0 Å². The standard InChI is InChI=1S/C13H15FN4O/c1-17-6-5-16-12(17)8-18(2)13(19)10-7-9(14)3-4-11(10)15/h3-7H,8,15H2,1-2H3. The van der Waals surface area contributed by atoms with Crippen LogP contribution in [0.5, 0.6) is 0 Å². The maximum atomic E-state index is 13.2. The van der Waals surface area contributed by atoms with Crippen LogP contribution in [0, 0.1) is 5.82 Å². The summed E-state index contributed by atoms with van der Waals surface area (Å²) in [5.41, 5.74) is 6.12. The van der Waals surface area contributed by atoms with E-state index in [1.165, 1.54) is 17.0 Å². The molecule has 0 aliphatic rings. The second-order valence-electron chi connectivity index (χ2n) is 4.35. The third-order valence-corrected chi connectivity index (χ3v) is 2.89. The minimum Gasteiger partial charge on any atom is -0.398 e. The number of nitrogens with zero attached hydrogens (tertiary/aromatic N) is 3. The van der Waals surface area contributed by atoms with Gasteiger partial charge in [0.05, 0.1) is 12.1 Å². The molecule has 19 heavy (non-hydrogen) atoms. The molecule has 2 N–H and O–H groups in total. The van der Waals surface area contributed by atoms with Crippen molar-refractivity contribution in [3.8, 4) is 0 Å². The Bertz CT molecular complexity index is 608. The normalized spacial score (nSPS) is 10.5. The fourth-order valence-electron chi connectivity index (χ4n) is 1.75. The highest BCUT2D eigenvalue weighted by atomic mass is 19.1. The van der Waals surface area contributed by atoms with Crippen molar-refractivity contribution in [1.29, 1.82) is 0 Å². The molecular weight excluding hydrogens is 247 g/mol. The molecular formula is C13H15FN4O. The molecule has 0 radical (unpaired) electrons. The number of rotatable bonds is 3. The molecule has 1 heterocycles. The fraction of sp³-hybridized carbons (Fsp3) is 0.231. The molecule has 1 aromatic heterocycles. The van der Waals surface area contributed by atoms with Crippen LogP contribution in [0.4, 0.5) is 10.1 Å². The summed E-state index contributed by atoms with van der Waals surface area (Å²) in [5.74, 6) is -0.0752. The highest BCUT2D eigenvalue weighted by Crippen LogP contribution is 2.16. The van der Waals surface area contributed by atoms with Crippen LogP contribution in [0.2, 0.25) is 0 Å². The number of halogens is 1. The van der Waals surface area contributed by atoms with Gasteiger partial charge in [-0.2, -0.15) is 0 Å². The van der Waals surface area contributed by atoms with Crippen LogP contribution in [0.3, 0.4) is 0 Å². The van der Waals surface area contributed by atoms with Gasteiger partial charge in [0.2, 0.25) is 0 Å². The molecule has 2 aromatic rings. The number of carbonyl (C=O) groups excluding carboxylic acids is 1. The molecule has 0 saturated carbocycles. The Balaban J connectivity index is 2.19. The Morgan fingerprint density at radius 1 is 1.53 bits per heavy atom. The van der Waals surface area contributed by atoms with Crippen LogP contribution in [0.1, 0.15) is 16.2 Å². The van der Waals surface area contributed by atoms with Gasteiger partial charge in [-0.1, -0.05) is 0 Å². The van der Waals surface area contributed by atoms with E-state index in [2.05, 4.69) is 4.98 Å². The van der Waals surface area contributed by atoms with E-state index in [0.717, 1.165) is 11.9 Å². The van der Waals surface area contributed by atoms with Gasteiger partial charge in [-0.3, -0.25) is 4.79 Å². The van der Waals surface area contributed by atoms with Crippen molar-refractivity contribution in [2.75, 3.05) is 12.8 Å². The minimum absolute atomic E-state index is 0.164. The van der Waals surface area contributed by atoms with Gasteiger partial charge in [0.1, 0.15) is 11.6 Å². The average Bonchev–Trinajstić information content (AvgIpc) is 2.77. The summed E-state index contributed by atoms with van der Waals surface area (Å²) in [5, 5.41) is 0. The van der Waals surface area contributed by atoms with Crippen molar-refractivity contribution in [3.05, 3.63) is 47.8 Å². The molecule has 2 rings (SSSR count). The zero-order chi connectivity index (χ0) is 14.0. The monoisotopic (exact) mass is 262 g/mol. The smallest absolute Gasteiger partial charge is 0.256 e. The van der Waals surface area contributed by atoms with Crippen molar-refractivity contribution in [1.82, 2.24) is 14.5 Å². The third-order valence-electron chi connectivity index (χ3n) is 2.89. The highest BCUT2D eigenvalue weighted by molar-refractivity contribution is 5.98. The lowest BCUT2D eigenvalue weighted by atomic mass is 10.1. The zero-order valence-electron chi connectivity index (χ0n) is 10.8. The fourth-order valence-corrected chi connectivity index (χ4v) is 1.75. The molecule has 0 spiro atoms. The molecule has 100 valence electrons. The molecule has 0 aliphatic carbocycles. The van der Waals surface area contributed by atoms with E-state index in [1.807, 2.05) is 11.6 Å². The lowest BCUT2D eigenvalue weighted by Crippen LogP contribution is -2.28. The number of nitrogens with two attached hydrogens (primary N) is 1. The Morgan fingerprint density at radius 3 is 2.89 bits per heavy atom. The molecule has 5 nitrogen and oxygen atoms in total. The molecule has 0 bridgehead atoms. The predicted molar refractivity (Wildman–Crippen MR) is 69.8 cm³/mol. The number of hydrogen-bond donors (Lipinski definition) is 1. The molecule has 6 heteroatoms. The molecule has 1 aromatic carbocycles. The first kappa shape index (κ1) is 13.1. The summed E-state index contributed by atoms with van der Waals surface area (Å²) in [7, 11) is 3.47. The molecule has 0 aliphatic heterocycles. The van der Waals surface area contributed by atoms with Crippen LogP contribution >= 0.6 is 0 Å². The topological polar surface area (TPSA) is 64.2 Å². The number of aryl methyl sites for hydroxylation is 1. The van der Waals surface area contributed by atoms with Crippen LogP contribution in [-0.2, 0) is 13.6 Å². The quantitative estimate of drug-likeness (QED) is 0.851. The first-order chi connectivity index (χ1) is 8.99. The number of imidazole rings is 1. The van der Waals surface area contributed by atoms with Crippen molar-refractivity contribution in [2.24, 2.45) is 7.05 Å². The number of benzene rings is 1. The number of hydrogen-bond acceptors (Lipinski definition) is 3. The number of amides is 1. The lowest BCUT2D eigenvalue weighted by Gasteiger charge is -2.18. The number of aromatic nitrogens is 2. The summed E-state index contributed by atoms with van der Waals surface area (Å²) in [6.45, 7) is 0.332. The van der Waals surface area contributed by atoms with Gasteiger partial charge in [-0.25, -0.2) is 9.37 Å².